The average Bonchev–Trinajstić information content (AvgIpc) is 2.01. The number of piperidine rings is 1. The van der Waals surface area contributed by atoms with Crippen molar-refractivity contribution in [2.24, 2.45) is 5.92 Å². The Morgan fingerprint density at radius 1 is 1.55 bits per heavy atom. The Bertz CT molecular complexity index is 104. The zero-order valence-electron chi connectivity index (χ0n) is 7.77. The van der Waals surface area contributed by atoms with Crippen LogP contribution in [0, 0.1) is 5.92 Å². The summed E-state index contributed by atoms with van der Waals surface area (Å²) < 4.78 is 0. The maximum atomic E-state index is 3.19. The predicted octanol–water partition coefficient (Wildman–Crippen LogP) is 0.938. The Hall–Kier alpha value is -0.0800. The summed E-state index contributed by atoms with van der Waals surface area (Å²) in [4.78, 5) is 2.56. The molecule has 0 bridgehead atoms. The van der Waals surface area contributed by atoms with E-state index in [1.807, 2.05) is 7.05 Å². The van der Waals surface area contributed by atoms with Gasteiger partial charge in [0.2, 0.25) is 0 Å². The average molecular weight is 156 g/mol. The quantitative estimate of drug-likeness (QED) is 0.654. The van der Waals surface area contributed by atoms with Gasteiger partial charge < -0.3 is 10.2 Å². The van der Waals surface area contributed by atoms with E-state index in [1.54, 1.807) is 0 Å². The lowest BCUT2D eigenvalue weighted by Gasteiger charge is -2.30. The molecule has 1 aliphatic rings. The molecule has 0 aromatic rings. The molecule has 1 aliphatic heterocycles. The molecule has 2 heteroatoms. The first-order valence-corrected chi connectivity index (χ1v) is 4.70. The topological polar surface area (TPSA) is 15.3 Å². The van der Waals surface area contributed by atoms with E-state index in [9.17, 15) is 0 Å². The van der Waals surface area contributed by atoms with Crippen LogP contribution in [-0.2, 0) is 0 Å². The molecule has 1 unspecified atom stereocenters. The molecule has 0 spiro atoms. The summed E-state index contributed by atoms with van der Waals surface area (Å²) in [7, 11) is 2.02. The summed E-state index contributed by atoms with van der Waals surface area (Å²) in [5.74, 6) is 0.917. The number of nitrogens with one attached hydrogen (secondary N) is 1. The van der Waals surface area contributed by atoms with E-state index in [0.717, 1.165) is 12.5 Å². The lowest BCUT2D eigenvalue weighted by molar-refractivity contribution is 0.185. The van der Waals surface area contributed by atoms with Crippen molar-refractivity contribution in [3.63, 3.8) is 0 Å². The van der Waals surface area contributed by atoms with Crippen molar-refractivity contribution in [3.8, 4) is 0 Å². The van der Waals surface area contributed by atoms with E-state index < -0.39 is 0 Å². The largest absolute Gasteiger partial charge is 0.318 e. The standard InChI is InChI=1S/C9H20N2/c1-9-4-3-6-11(8-9)7-5-10-2/h9-10H,3-8H2,1-2H3. The van der Waals surface area contributed by atoms with Crippen LogP contribution in [-0.4, -0.2) is 38.1 Å². The van der Waals surface area contributed by atoms with E-state index in [-0.39, 0.29) is 0 Å². The minimum absolute atomic E-state index is 0.917. The van der Waals surface area contributed by atoms with Crippen molar-refractivity contribution in [1.29, 1.82) is 0 Å². The molecule has 66 valence electrons. The lowest BCUT2D eigenvalue weighted by Crippen LogP contribution is -2.38. The van der Waals surface area contributed by atoms with Crippen molar-refractivity contribution >= 4 is 0 Å². The van der Waals surface area contributed by atoms with E-state index in [1.165, 1.54) is 32.5 Å². The second kappa shape index (κ2) is 4.73. The van der Waals surface area contributed by atoms with Gasteiger partial charge in [0.05, 0.1) is 0 Å². The second-order valence-electron chi connectivity index (χ2n) is 3.65. The van der Waals surface area contributed by atoms with Crippen molar-refractivity contribution in [3.05, 3.63) is 0 Å². The van der Waals surface area contributed by atoms with Gasteiger partial charge in [-0.1, -0.05) is 6.92 Å². The summed E-state index contributed by atoms with van der Waals surface area (Å²) in [5.41, 5.74) is 0. The first-order chi connectivity index (χ1) is 5.33. The molecule has 1 N–H and O–H groups in total. The number of likely N-dealkylation sites (N-methyl/N-ethyl adjacent to an activating group) is 1. The van der Waals surface area contributed by atoms with Crippen molar-refractivity contribution in [2.45, 2.75) is 19.8 Å². The minimum Gasteiger partial charge on any atom is -0.318 e. The van der Waals surface area contributed by atoms with Gasteiger partial charge in [0, 0.05) is 19.6 Å². The zero-order valence-corrected chi connectivity index (χ0v) is 7.77. The number of hydrogen-bond acceptors (Lipinski definition) is 2. The Labute approximate surface area is 70.0 Å². The molecule has 0 radical (unpaired) electrons. The third-order valence-corrected chi connectivity index (χ3v) is 2.42. The van der Waals surface area contributed by atoms with Crippen LogP contribution in [0.25, 0.3) is 0 Å². The van der Waals surface area contributed by atoms with Crippen molar-refractivity contribution in [1.82, 2.24) is 10.2 Å². The summed E-state index contributed by atoms with van der Waals surface area (Å²) >= 11 is 0. The first-order valence-electron chi connectivity index (χ1n) is 4.70. The highest BCUT2D eigenvalue weighted by Crippen LogP contribution is 2.14. The fourth-order valence-corrected chi connectivity index (χ4v) is 1.76. The highest BCUT2D eigenvalue weighted by atomic mass is 15.1. The van der Waals surface area contributed by atoms with Crippen LogP contribution in [0.5, 0.6) is 0 Å². The molecule has 1 heterocycles. The fourth-order valence-electron chi connectivity index (χ4n) is 1.76. The van der Waals surface area contributed by atoms with Crippen LogP contribution in [0.1, 0.15) is 19.8 Å². The van der Waals surface area contributed by atoms with Gasteiger partial charge in [-0.25, -0.2) is 0 Å². The van der Waals surface area contributed by atoms with E-state index in [4.69, 9.17) is 0 Å². The van der Waals surface area contributed by atoms with Crippen molar-refractivity contribution in [2.75, 3.05) is 33.2 Å². The van der Waals surface area contributed by atoms with Gasteiger partial charge >= 0.3 is 0 Å². The molecular weight excluding hydrogens is 136 g/mol. The molecule has 1 atom stereocenters. The van der Waals surface area contributed by atoms with Gasteiger partial charge in [-0.05, 0) is 32.4 Å². The summed E-state index contributed by atoms with van der Waals surface area (Å²) in [6.07, 6.45) is 2.82. The molecule has 1 rings (SSSR count). The van der Waals surface area contributed by atoms with E-state index in [2.05, 4.69) is 17.1 Å². The highest BCUT2D eigenvalue weighted by molar-refractivity contribution is 4.69. The molecule has 0 saturated carbocycles. The molecule has 0 aromatic heterocycles. The molecule has 0 aromatic carbocycles. The normalized spacial score (nSPS) is 27.3. The van der Waals surface area contributed by atoms with Gasteiger partial charge in [0.15, 0.2) is 0 Å². The molecule has 0 aliphatic carbocycles. The monoisotopic (exact) mass is 156 g/mol. The number of rotatable bonds is 3. The van der Waals surface area contributed by atoms with Gasteiger partial charge in [0.25, 0.3) is 0 Å². The molecule has 0 amide bonds. The number of hydrogen-bond donors (Lipinski definition) is 1. The Morgan fingerprint density at radius 3 is 3.00 bits per heavy atom. The summed E-state index contributed by atoms with van der Waals surface area (Å²) in [6.45, 7) is 7.33. The lowest BCUT2D eigenvalue weighted by atomic mass is 10.0. The molecule has 2 nitrogen and oxygen atoms in total. The van der Waals surface area contributed by atoms with Crippen LogP contribution < -0.4 is 5.32 Å². The third kappa shape index (κ3) is 3.21. The van der Waals surface area contributed by atoms with Gasteiger partial charge in [-0.3, -0.25) is 0 Å². The first kappa shape index (κ1) is 9.01. The number of nitrogens with zero attached hydrogens (tertiary/aromatic N) is 1. The van der Waals surface area contributed by atoms with Crippen LogP contribution in [0.15, 0.2) is 0 Å². The molecular formula is C9H20N2. The van der Waals surface area contributed by atoms with Gasteiger partial charge in [0.1, 0.15) is 0 Å². The van der Waals surface area contributed by atoms with Crippen LogP contribution in [0.3, 0.4) is 0 Å². The summed E-state index contributed by atoms with van der Waals surface area (Å²) in [6, 6.07) is 0. The number of likely N-dealkylation sites (tertiary alicyclic amines) is 1. The highest BCUT2D eigenvalue weighted by Gasteiger charge is 2.14. The molecule has 11 heavy (non-hydrogen) atoms. The predicted molar refractivity (Wildman–Crippen MR) is 48.8 cm³/mol. The fraction of sp³-hybridized carbons (Fsp3) is 1.00. The Kier molecular flexibility index (Phi) is 3.87. The Morgan fingerprint density at radius 2 is 2.36 bits per heavy atom. The second-order valence-corrected chi connectivity index (χ2v) is 3.65. The molecule has 1 fully saturated rings. The third-order valence-electron chi connectivity index (χ3n) is 2.42. The van der Waals surface area contributed by atoms with Gasteiger partial charge in [-0.2, -0.15) is 0 Å². The maximum absolute atomic E-state index is 3.19. The van der Waals surface area contributed by atoms with Crippen LogP contribution in [0.4, 0.5) is 0 Å². The molecule has 1 saturated heterocycles. The smallest absolute Gasteiger partial charge is 0.0107 e. The van der Waals surface area contributed by atoms with Crippen LogP contribution >= 0.6 is 0 Å². The summed E-state index contributed by atoms with van der Waals surface area (Å²) in [5, 5.41) is 3.19. The van der Waals surface area contributed by atoms with E-state index in [0.29, 0.717) is 0 Å². The van der Waals surface area contributed by atoms with Crippen molar-refractivity contribution < 1.29 is 0 Å². The Balaban J connectivity index is 2.12. The minimum atomic E-state index is 0.917. The maximum Gasteiger partial charge on any atom is 0.0107 e. The van der Waals surface area contributed by atoms with Crippen LogP contribution in [0.2, 0.25) is 0 Å². The van der Waals surface area contributed by atoms with Gasteiger partial charge in [-0.15, -0.1) is 0 Å². The van der Waals surface area contributed by atoms with E-state index >= 15 is 0 Å². The SMILES string of the molecule is CNCCN1CCCC(C)C1. The zero-order chi connectivity index (χ0) is 8.10.